The number of rotatable bonds is 4. The average Bonchev–Trinajstić information content (AvgIpc) is 2.93. The smallest absolute Gasteiger partial charge is 0.138 e. The third-order valence-corrected chi connectivity index (χ3v) is 4.10. The van der Waals surface area contributed by atoms with E-state index in [0.29, 0.717) is 5.56 Å². The Labute approximate surface area is 142 Å². The average molecular weight is 324 g/mol. The normalized spacial score (nSPS) is 20.6. The van der Waals surface area contributed by atoms with Crippen LogP contribution in [-0.2, 0) is 11.3 Å². The molecule has 24 heavy (non-hydrogen) atoms. The lowest BCUT2D eigenvalue weighted by Crippen LogP contribution is -2.35. The van der Waals surface area contributed by atoms with Crippen molar-refractivity contribution in [3.8, 4) is 11.8 Å². The van der Waals surface area contributed by atoms with Gasteiger partial charge in [-0.3, -0.25) is 4.90 Å². The molecule has 0 unspecified atom stereocenters. The summed E-state index contributed by atoms with van der Waals surface area (Å²) in [6, 6.07) is 16.8. The molecular formula is C20H21FN2O. The van der Waals surface area contributed by atoms with Gasteiger partial charge in [0.2, 0.25) is 0 Å². The number of ether oxygens (including phenoxy) is 1. The van der Waals surface area contributed by atoms with Gasteiger partial charge in [0.25, 0.3) is 0 Å². The molecule has 3 nitrogen and oxygen atoms in total. The fourth-order valence-corrected chi connectivity index (χ4v) is 2.87. The summed E-state index contributed by atoms with van der Waals surface area (Å²) in [7, 11) is 0. The molecule has 0 aromatic heterocycles. The Hall–Kier alpha value is -2.19. The van der Waals surface area contributed by atoms with Crippen molar-refractivity contribution in [3.05, 3.63) is 71.5 Å². The fraction of sp³-hybridized carbons (Fsp3) is 0.300. The molecular weight excluding hydrogens is 303 g/mol. The van der Waals surface area contributed by atoms with E-state index in [4.69, 9.17) is 10.5 Å². The molecule has 0 bridgehead atoms. The van der Waals surface area contributed by atoms with Crippen LogP contribution in [0, 0.1) is 17.7 Å². The van der Waals surface area contributed by atoms with Gasteiger partial charge in [-0.2, -0.15) is 0 Å². The molecule has 0 radical (unpaired) electrons. The van der Waals surface area contributed by atoms with Crippen molar-refractivity contribution < 1.29 is 9.13 Å². The second-order valence-corrected chi connectivity index (χ2v) is 5.97. The molecule has 2 N–H and O–H groups in total. The number of nitrogens with zero attached hydrogens (tertiary/aromatic N) is 1. The maximum absolute atomic E-state index is 13.5. The van der Waals surface area contributed by atoms with E-state index in [-0.39, 0.29) is 24.6 Å². The molecule has 3 rings (SSSR count). The van der Waals surface area contributed by atoms with Gasteiger partial charge in [-0.15, -0.1) is 0 Å². The second kappa shape index (κ2) is 8.07. The fourth-order valence-electron chi connectivity index (χ4n) is 2.87. The molecule has 0 aliphatic carbocycles. The van der Waals surface area contributed by atoms with E-state index in [0.717, 1.165) is 19.6 Å². The molecule has 2 atom stereocenters. The predicted octanol–water partition coefficient (Wildman–Crippen LogP) is 2.41. The third-order valence-electron chi connectivity index (χ3n) is 4.10. The zero-order chi connectivity index (χ0) is 16.8. The highest BCUT2D eigenvalue weighted by molar-refractivity contribution is 5.35. The predicted molar refractivity (Wildman–Crippen MR) is 92.7 cm³/mol. The van der Waals surface area contributed by atoms with Crippen molar-refractivity contribution in [2.75, 3.05) is 19.7 Å². The van der Waals surface area contributed by atoms with Crippen molar-refractivity contribution in [1.29, 1.82) is 0 Å². The van der Waals surface area contributed by atoms with Crippen LogP contribution in [0.3, 0.4) is 0 Å². The van der Waals surface area contributed by atoms with Crippen LogP contribution in [0.25, 0.3) is 0 Å². The second-order valence-electron chi connectivity index (χ2n) is 5.97. The summed E-state index contributed by atoms with van der Waals surface area (Å²) >= 11 is 0. The number of hydrogen-bond acceptors (Lipinski definition) is 3. The Kier molecular flexibility index (Phi) is 5.60. The van der Waals surface area contributed by atoms with Gasteiger partial charge < -0.3 is 10.5 Å². The Bertz CT molecular complexity index is 723. The molecule has 1 heterocycles. The highest BCUT2D eigenvalue weighted by Gasteiger charge is 2.30. The van der Waals surface area contributed by atoms with Crippen molar-refractivity contribution >= 4 is 0 Å². The first-order chi connectivity index (χ1) is 11.7. The minimum absolute atomic E-state index is 0.0241. The number of likely N-dealkylation sites (tertiary alicyclic amines) is 1. The molecule has 1 aliphatic heterocycles. The lowest BCUT2D eigenvalue weighted by atomic mass is 10.2. The standard InChI is InChI=1S/C20H21FN2O/c21-18-11-5-4-9-17(18)10-6-12-24-20-15-23(14-19(20)22)13-16-7-2-1-3-8-16/h1-5,7-9,11,19-20H,12-15,22H2/t19-,20-/m1/s1. The van der Waals surface area contributed by atoms with Crippen molar-refractivity contribution in [2.24, 2.45) is 5.73 Å². The van der Waals surface area contributed by atoms with Gasteiger partial charge in [0.1, 0.15) is 12.4 Å². The van der Waals surface area contributed by atoms with Crippen LogP contribution in [-0.4, -0.2) is 36.7 Å². The Morgan fingerprint density at radius 2 is 1.83 bits per heavy atom. The molecule has 0 amide bonds. The van der Waals surface area contributed by atoms with Crippen LogP contribution in [0.4, 0.5) is 4.39 Å². The van der Waals surface area contributed by atoms with Crippen molar-refractivity contribution in [1.82, 2.24) is 4.90 Å². The lowest BCUT2D eigenvalue weighted by Gasteiger charge is -2.15. The van der Waals surface area contributed by atoms with Gasteiger partial charge in [-0.1, -0.05) is 54.3 Å². The highest BCUT2D eigenvalue weighted by Crippen LogP contribution is 2.15. The Morgan fingerprint density at radius 1 is 1.08 bits per heavy atom. The molecule has 124 valence electrons. The van der Waals surface area contributed by atoms with Crippen LogP contribution in [0.15, 0.2) is 54.6 Å². The van der Waals surface area contributed by atoms with Crippen LogP contribution < -0.4 is 5.73 Å². The molecule has 1 saturated heterocycles. The SMILES string of the molecule is N[C@@H]1CN(Cc2ccccc2)C[C@H]1OCC#Cc1ccccc1F. The van der Waals surface area contributed by atoms with E-state index >= 15 is 0 Å². The molecule has 1 fully saturated rings. The van der Waals surface area contributed by atoms with Crippen LogP contribution in [0.5, 0.6) is 0 Å². The number of halogens is 1. The summed E-state index contributed by atoms with van der Waals surface area (Å²) in [4.78, 5) is 2.29. The third kappa shape index (κ3) is 4.42. The van der Waals surface area contributed by atoms with E-state index < -0.39 is 0 Å². The molecule has 4 heteroatoms. The first-order valence-electron chi connectivity index (χ1n) is 8.09. The monoisotopic (exact) mass is 324 g/mol. The zero-order valence-corrected chi connectivity index (χ0v) is 13.5. The van der Waals surface area contributed by atoms with Crippen LogP contribution >= 0.6 is 0 Å². The maximum Gasteiger partial charge on any atom is 0.138 e. The van der Waals surface area contributed by atoms with Crippen LogP contribution in [0.1, 0.15) is 11.1 Å². The Morgan fingerprint density at radius 3 is 2.62 bits per heavy atom. The van der Waals surface area contributed by atoms with Gasteiger partial charge in [-0.05, 0) is 17.7 Å². The minimum Gasteiger partial charge on any atom is -0.363 e. The summed E-state index contributed by atoms with van der Waals surface area (Å²) in [5.41, 5.74) is 7.83. The Balaban J connectivity index is 1.49. The number of benzene rings is 2. The zero-order valence-electron chi connectivity index (χ0n) is 13.5. The largest absolute Gasteiger partial charge is 0.363 e. The summed E-state index contributed by atoms with van der Waals surface area (Å²) in [6.45, 7) is 2.72. The first-order valence-corrected chi connectivity index (χ1v) is 8.09. The summed E-state index contributed by atoms with van der Waals surface area (Å²) in [5, 5.41) is 0. The van der Waals surface area contributed by atoms with Gasteiger partial charge >= 0.3 is 0 Å². The number of nitrogens with two attached hydrogens (primary N) is 1. The maximum atomic E-state index is 13.5. The molecule has 1 aliphatic rings. The molecule has 0 spiro atoms. The van der Waals surface area contributed by atoms with Gasteiger partial charge in [0.15, 0.2) is 0 Å². The van der Waals surface area contributed by atoms with E-state index in [1.807, 2.05) is 18.2 Å². The van der Waals surface area contributed by atoms with Gasteiger partial charge in [0, 0.05) is 25.7 Å². The van der Waals surface area contributed by atoms with Crippen molar-refractivity contribution in [2.45, 2.75) is 18.7 Å². The van der Waals surface area contributed by atoms with E-state index in [2.05, 4.69) is 28.9 Å². The van der Waals surface area contributed by atoms with Gasteiger partial charge in [0.05, 0.1) is 11.7 Å². The van der Waals surface area contributed by atoms with E-state index in [9.17, 15) is 4.39 Å². The molecule has 2 aromatic carbocycles. The minimum atomic E-state index is -0.309. The molecule has 0 saturated carbocycles. The van der Waals surface area contributed by atoms with E-state index in [1.54, 1.807) is 18.2 Å². The van der Waals surface area contributed by atoms with Crippen LogP contribution in [0.2, 0.25) is 0 Å². The van der Waals surface area contributed by atoms with Crippen molar-refractivity contribution in [3.63, 3.8) is 0 Å². The summed E-state index contributed by atoms with van der Waals surface area (Å²) < 4.78 is 19.3. The van der Waals surface area contributed by atoms with E-state index in [1.165, 1.54) is 11.6 Å². The first kappa shape index (κ1) is 16.7. The topological polar surface area (TPSA) is 38.5 Å². The number of hydrogen-bond donors (Lipinski definition) is 1. The summed E-state index contributed by atoms with van der Waals surface area (Å²) in [6.07, 6.45) is -0.0383. The van der Waals surface area contributed by atoms with Gasteiger partial charge in [-0.25, -0.2) is 4.39 Å². The lowest BCUT2D eigenvalue weighted by molar-refractivity contribution is 0.0742. The quantitative estimate of drug-likeness (QED) is 0.878. The highest BCUT2D eigenvalue weighted by atomic mass is 19.1. The summed E-state index contributed by atoms with van der Waals surface area (Å²) in [5.74, 6) is 5.36. The molecule has 2 aromatic rings.